The molecule has 0 atom stereocenters. The average molecular weight is 250 g/mol. The second kappa shape index (κ2) is 7.21. The quantitative estimate of drug-likeness (QED) is 0.571. The Morgan fingerprint density at radius 3 is 2.19 bits per heavy atom. The summed E-state index contributed by atoms with van der Waals surface area (Å²) in [5.74, 6) is -0.526. The molecule has 0 aliphatic carbocycles. The van der Waals surface area contributed by atoms with Crippen molar-refractivity contribution in [2.45, 2.75) is 19.8 Å². The first-order chi connectivity index (χ1) is 7.31. The van der Waals surface area contributed by atoms with Crippen LogP contribution in [0.15, 0.2) is 0 Å². The zero-order chi connectivity index (χ0) is 12.6. The van der Waals surface area contributed by atoms with Crippen molar-refractivity contribution in [3.05, 3.63) is 0 Å². The van der Waals surface area contributed by atoms with Gasteiger partial charge in [0.25, 0.3) is 0 Å². The van der Waals surface area contributed by atoms with Crippen LogP contribution in [0.1, 0.15) is 19.8 Å². The highest BCUT2D eigenvalue weighted by atomic mass is 32.2. The fourth-order valence-electron chi connectivity index (χ4n) is 0.947. The van der Waals surface area contributed by atoms with Gasteiger partial charge in [-0.1, -0.05) is 0 Å². The number of carbonyl (C=O) groups excluding carboxylic acids is 2. The van der Waals surface area contributed by atoms with E-state index in [4.69, 9.17) is 0 Å². The molecule has 0 fully saturated rings. The largest absolute Gasteiger partial charge is 0.356 e. The molecule has 0 aromatic rings. The zero-order valence-corrected chi connectivity index (χ0v) is 10.4. The Kier molecular flexibility index (Phi) is 6.71. The summed E-state index contributed by atoms with van der Waals surface area (Å²) >= 11 is 0. The maximum atomic E-state index is 11.1. The van der Waals surface area contributed by atoms with E-state index in [9.17, 15) is 18.0 Å². The van der Waals surface area contributed by atoms with Gasteiger partial charge in [0.05, 0.1) is 5.75 Å². The summed E-state index contributed by atoms with van der Waals surface area (Å²) in [6.07, 6.45) is 1.71. The lowest BCUT2D eigenvalue weighted by Gasteiger charge is -2.05. The van der Waals surface area contributed by atoms with Gasteiger partial charge in [-0.2, -0.15) is 0 Å². The molecule has 0 aliphatic heterocycles. The van der Waals surface area contributed by atoms with Crippen molar-refractivity contribution in [3.8, 4) is 0 Å². The third-order valence-electron chi connectivity index (χ3n) is 1.75. The van der Waals surface area contributed by atoms with Crippen LogP contribution in [0.4, 0.5) is 0 Å². The van der Waals surface area contributed by atoms with Gasteiger partial charge in [-0.3, -0.25) is 9.59 Å². The Morgan fingerprint density at radius 2 is 1.69 bits per heavy atom. The fourth-order valence-corrected chi connectivity index (χ4v) is 1.50. The summed E-state index contributed by atoms with van der Waals surface area (Å²) in [6, 6.07) is 0. The predicted molar refractivity (Wildman–Crippen MR) is 60.6 cm³/mol. The average Bonchev–Trinajstić information content (AvgIpc) is 2.12. The molecule has 94 valence electrons. The van der Waals surface area contributed by atoms with Gasteiger partial charge in [-0.25, -0.2) is 8.42 Å². The summed E-state index contributed by atoms with van der Waals surface area (Å²) in [5, 5.41) is 5.16. The SMILES string of the molecule is CC(=O)NCCCNC(=O)CCS(C)(=O)=O. The number of nitrogens with one attached hydrogen (secondary N) is 2. The second-order valence-corrected chi connectivity index (χ2v) is 5.83. The number of hydrogen-bond acceptors (Lipinski definition) is 4. The number of carbonyl (C=O) groups is 2. The van der Waals surface area contributed by atoms with Crippen LogP contribution in [0.2, 0.25) is 0 Å². The Bertz CT molecular complexity index is 337. The number of hydrogen-bond donors (Lipinski definition) is 2. The van der Waals surface area contributed by atoms with Crippen molar-refractivity contribution in [1.29, 1.82) is 0 Å². The molecule has 0 bridgehead atoms. The van der Waals surface area contributed by atoms with E-state index in [2.05, 4.69) is 10.6 Å². The van der Waals surface area contributed by atoms with Crippen molar-refractivity contribution in [3.63, 3.8) is 0 Å². The summed E-state index contributed by atoms with van der Waals surface area (Å²) in [4.78, 5) is 21.6. The Morgan fingerprint density at radius 1 is 1.12 bits per heavy atom. The van der Waals surface area contributed by atoms with Gasteiger partial charge in [0.1, 0.15) is 9.84 Å². The Balaban J connectivity index is 3.48. The topological polar surface area (TPSA) is 92.3 Å². The Labute approximate surface area is 95.7 Å². The Hall–Kier alpha value is -1.11. The van der Waals surface area contributed by atoms with E-state index in [1.807, 2.05) is 0 Å². The van der Waals surface area contributed by atoms with Crippen LogP contribution in [-0.4, -0.2) is 45.3 Å². The van der Waals surface area contributed by atoms with Crippen molar-refractivity contribution in [2.24, 2.45) is 0 Å². The molecule has 0 heterocycles. The van der Waals surface area contributed by atoms with Crippen LogP contribution in [0.5, 0.6) is 0 Å². The van der Waals surface area contributed by atoms with E-state index in [1.165, 1.54) is 6.92 Å². The lowest BCUT2D eigenvalue weighted by atomic mass is 10.4. The molecule has 0 unspecified atom stereocenters. The van der Waals surface area contributed by atoms with Crippen LogP contribution in [0.25, 0.3) is 0 Å². The van der Waals surface area contributed by atoms with Crippen LogP contribution < -0.4 is 10.6 Å². The minimum absolute atomic E-state index is 0.0149. The van der Waals surface area contributed by atoms with E-state index < -0.39 is 9.84 Å². The molecule has 0 aromatic heterocycles. The summed E-state index contributed by atoms with van der Waals surface area (Å²) < 4.78 is 21.5. The second-order valence-electron chi connectivity index (χ2n) is 3.57. The zero-order valence-electron chi connectivity index (χ0n) is 9.58. The molecule has 2 amide bonds. The monoisotopic (exact) mass is 250 g/mol. The molecule has 0 saturated carbocycles. The normalized spacial score (nSPS) is 10.9. The van der Waals surface area contributed by atoms with Gasteiger partial charge < -0.3 is 10.6 Å². The van der Waals surface area contributed by atoms with E-state index >= 15 is 0 Å². The molecular weight excluding hydrogens is 232 g/mol. The van der Waals surface area contributed by atoms with E-state index in [0.29, 0.717) is 19.5 Å². The van der Waals surface area contributed by atoms with Gasteiger partial charge in [-0.15, -0.1) is 0 Å². The van der Waals surface area contributed by atoms with E-state index in [1.54, 1.807) is 0 Å². The highest BCUT2D eigenvalue weighted by Gasteiger charge is 2.06. The number of amides is 2. The summed E-state index contributed by atoms with van der Waals surface area (Å²) in [7, 11) is -3.08. The first kappa shape index (κ1) is 14.9. The molecular formula is C9H18N2O4S. The van der Waals surface area contributed by atoms with Crippen LogP contribution in [0, 0.1) is 0 Å². The van der Waals surface area contributed by atoms with Crippen molar-refractivity contribution < 1.29 is 18.0 Å². The molecule has 0 aliphatic rings. The minimum Gasteiger partial charge on any atom is -0.356 e. The first-order valence-corrected chi connectivity index (χ1v) is 7.06. The molecule has 0 radical (unpaired) electrons. The van der Waals surface area contributed by atoms with Crippen molar-refractivity contribution in [2.75, 3.05) is 25.1 Å². The maximum absolute atomic E-state index is 11.1. The smallest absolute Gasteiger partial charge is 0.221 e. The molecule has 0 aromatic carbocycles. The molecule has 0 saturated heterocycles. The molecule has 16 heavy (non-hydrogen) atoms. The highest BCUT2D eigenvalue weighted by Crippen LogP contribution is 1.88. The van der Waals surface area contributed by atoms with Gasteiger partial charge in [0.15, 0.2) is 0 Å². The fraction of sp³-hybridized carbons (Fsp3) is 0.778. The van der Waals surface area contributed by atoms with E-state index in [0.717, 1.165) is 6.26 Å². The molecule has 6 nitrogen and oxygen atoms in total. The van der Waals surface area contributed by atoms with Gasteiger partial charge >= 0.3 is 0 Å². The van der Waals surface area contributed by atoms with E-state index in [-0.39, 0.29) is 24.0 Å². The number of sulfone groups is 1. The van der Waals surface area contributed by atoms with Gasteiger partial charge in [-0.05, 0) is 6.42 Å². The van der Waals surface area contributed by atoms with Crippen LogP contribution in [-0.2, 0) is 19.4 Å². The molecule has 0 spiro atoms. The predicted octanol–water partition coefficient (Wildman–Crippen LogP) is -0.936. The molecule has 0 rings (SSSR count). The van der Waals surface area contributed by atoms with Crippen LogP contribution >= 0.6 is 0 Å². The minimum atomic E-state index is -3.08. The van der Waals surface area contributed by atoms with Gasteiger partial charge in [0.2, 0.25) is 11.8 Å². The number of rotatable bonds is 7. The lowest BCUT2D eigenvalue weighted by Crippen LogP contribution is -2.29. The highest BCUT2D eigenvalue weighted by molar-refractivity contribution is 7.90. The lowest BCUT2D eigenvalue weighted by molar-refractivity contribution is -0.120. The van der Waals surface area contributed by atoms with Crippen LogP contribution in [0.3, 0.4) is 0 Å². The maximum Gasteiger partial charge on any atom is 0.221 e. The third-order valence-corrected chi connectivity index (χ3v) is 2.70. The molecule has 7 heteroatoms. The first-order valence-electron chi connectivity index (χ1n) is 5.00. The van der Waals surface area contributed by atoms with Crippen molar-refractivity contribution in [1.82, 2.24) is 10.6 Å². The molecule has 2 N–H and O–H groups in total. The summed E-state index contributed by atoms with van der Waals surface area (Å²) in [5.41, 5.74) is 0. The third kappa shape index (κ3) is 11.0. The standard InChI is InChI=1S/C9H18N2O4S/c1-8(12)10-5-3-6-11-9(13)4-7-16(2,14)15/h3-7H2,1-2H3,(H,10,12)(H,11,13). The van der Waals surface area contributed by atoms with Crippen molar-refractivity contribution >= 4 is 21.7 Å². The van der Waals surface area contributed by atoms with Gasteiger partial charge in [0, 0.05) is 32.7 Å². The summed E-state index contributed by atoms with van der Waals surface area (Å²) in [6.45, 7) is 2.36.